The Balaban J connectivity index is 1.86. The number of aromatic nitrogens is 2. The molecule has 0 radical (unpaired) electrons. The van der Waals surface area contributed by atoms with Gasteiger partial charge in [-0.2, -0.15) is 0 Å². The van der Waals surface area contributed by atoms with Crippen LogP contribution >= 0.6 is 0 Å². The highest BCUT2D eigenvalue weighted by Crippen LogP contribution is 2.16. The number of carbonyl (C=O) groups is 1. The van der Waals surface area contributed by atoms with E-state index in [-0.39, 0.29) is 17.5 Å². The maximum atomic E-state index is 12.9. The molecule has 0 spiro atoms. The molecule has 1 aromatic heterocycles. The largest absolute Gasteiger partial charge is 0.350 e. The first-order valence-electron chi connectivity index (χ1n) is 10.4. The van der Waals surface area contributed by atoms with E-state index in [0.29, 0.717) is 28.9 Å². The van der Waals surface area contributed by atoms with E-state index in [1.807, 2.05) is 18.7 Å². The van der Waals surface area contributed by atoms with Crippen LogP contribution in [0.1, 0.15) is 55.7 Å². The van der Waals surface area contributed by atoms with Gasteiger partial charge in [0.05, 0.1) is 10.9 Å². The monoisotopic (exact) mass is 384 g/mol. The lowest BCUT2D eigenvalue weighted by atomic mass is 10.0. The number of hydrogen-bond donors (Lipinski definition) is 1. The van der Waals surface area contributed by atoms with Crippen LogP contribution in [0.2, 0.25) is 0 Å². The fourth-order valence-electron chi connectivity index (χ4n) is 4.05. The van der Waals surface area contributed by atoms with Crippen LogP contribution in [-0.4, -0.2) is 47.0 Å². The highest BCUT2D eigenvalue weighted by Gasteiger charge is 2.18. The molecule has 0 saturated heterocycles. The van der Waals surface area contributed by atoms with Gasteiger partial charge in [0.15, 0.2) is 0 Å². The molecule has 0 unspecified atom stereocenters. The number of carbonyl (C=O) groups excluding carboxylic acids is 1. The number of rotatable bonds is 5. The van der Waals surface area contributed by atoms with E-state index in [4.69, 9.17) is 4.98 Å². The summed E-state index contributed by atoms with van der Waals surface area (Å²) < 4.78 is 1.82. The summed E-state index contributed by atoms with van der Waals surface area (Å²) >= 11 is 0. The number of benzene rings is 1. The first-order chi connectivity index (χ1) is 13.4. The molecule has 0 aliphatic carbocycles. The summed E-state index contributed by atoms with van der Waals surface area (Å²) in [4.78, 5) is 32.5. The second kappa shape index (κ2) is 8.86. The topological polar surface area (TPSA) is 67.2 Å². The molecule has 2 aromatic rings. The van der Waals surface area contributed by atoms with Crippen LogP contribution < -0.4 is 10.9 Å². The molecule has 0 fully saturated rings. The SMILES string of the molecule is CC(C)[C@H](CNC(=O)c1ccc2c(=O)n3c(nc2c1)CCCCCC3)N(C)C. The smallest absolute Gasteiger partial charge is 0.261 e. The van der Waals surface area contributed by atoms with Crippen LogP contribution in [0.15, 0.2) is 23.0 Å². The summed E-state index contributed by atoms with van der Waals surface area (Å²) in [6.45, 7) is 5.62. The molecule has 2 heterocycles. The lowest BCUT2D eigenvalue weighted by molar-refractivity contribution is 0.0935. The minimum atomic E-state index is -0.122. The van der Waals surface area contributed by atoms with E-state index in [0.717, 1.165) is 38.1 Å². The van der Waals surface area contributed by atoms with Gasteiger partial charge in [-0.3, -0.25) is 14.2 Å². The van der Waals surface area contributed by atoms with Gasteiger partial charge in [-0.1, -0.05) is 26.7 Å². The Kier molecular flexibility index (Phi) is 6.50. The second-order valence-electron chi connectivity index (χ2n) is 8.37. The Labute approximate surface area is 166 Å². The Hall–Kier alpha value is -2.21. The molecule has 0 saturated carbocycles. The van der Waals surface area contributed by atoms with Crippen LogP contribution in [-0.2, 0) is 13.0 Å². The number of aryl methyl sites for hydroxylation is 1. The van der Waals surface area contributed by atoms with Crippen molar-refractivity contribution in [3.8, 4) is 0 Å². The minimum absolute atomic E-state index is 0.0151. The molecule has 1 atom stereocenters. The zero-order valence-electron chi connectivity index (χ0n) is 17.5. The predicted molar refractivity (Wildman–Crippen MR) is 113 cm³/mol. The van der Waals surface area contributed by atoms with Crippen molar-refractivity contribution < 1.29 is 4.79 Å². The Morgan fingerprint density at radius 3 is 2.68 bits per heavy atom. The zero-order valence-corrected chi connectivity index (χ0v) is 17.5. The van der Waals surface area contributed by atoms with Gasteiger partial charge in [-0.25, -0.2) is 4.98 Å². The first-order valence-corrected chi connectivity index (χ1v) is 10.4. The van der Waals surface area contributed by atoms with Gasteiger partial charge in [0.25, 0.3) is 11.5 Å². The fourth-order valence-corrected chi connectivity index (χ4v) is 4.05. The third-order valence-corrected chi connectivity index (χ3v) is 5.73. The lowest BCUT2D eigenvalue weighted by Crippen LogP contribution is -2.43. The summed E-state index contributed by atoms with van der Waals surface area (Å²) in [5, 5.41) is 3.62. The quantitative estimate of drug-likeness (QED) is 0.861. The van der Waals surface area contributed by atoms with E-state index in [1.165, 1.54) is 6.42 Å². The highest BCUT2D eigenvalue weighted by atomic mass is 16.1. The van der Waals surface area contributed by atoms with Crippen molar-refractivity contribution >= 4 is 16.8 Å². The molecule has 152 valence electrons. The molecule has 6 heteroatoms. The maximum absolute atomic E-state index is 12.9. The van der Waals surface area contributed by atoms with Crippen LogP contribution in [0.25, 0.3) is 10.9 Å². The van der Waals surface area contributed by atoms with Gasteiger partial charge in [0.2, 0.25) is 0 Å². The molecule has 6 nitrogen and oxygen atoms in total. The van der Waals surface area contributed by atoms with Crippen LogP contribution in [0.5, 0.6) is 0 Å². The first kappa shape index (κ1) is 20.5. The summed E-state index contributed by atoms with van der Waals surface area (Å²) in [5.41, 5.74) is 1.19. The van der Waals surface area contributed by atoms with E-state index < -0.39 is 0 Å². The van der Waals surface area contributed by atoms with Crippen molar-refractivity contribution in [2.75, 3.05) is 20.6 Å². The van der Waals surface area contributed by atoms with Crippen molar-refractivity contribution in [1.29, 1.82) is 0 Å². The average Bonchev–Trinajstić information content (AvgIpc) is 2.62. The van der Waals surface area contributed by atoms with Crippen molar-refractivity contribution in [3.63, 3.8) is 0 Å². The van der Waals surface area contributed by atoms with E-state index in [1.54, 1.807) is 18.2 Å². The van der Waals surface area contributed by atoms with Crippen LogP contribution in [0.3, 0.4) is 0 Å². The molecule has 1 aromatic carbocycles. The Morgan fingerprint density at radius 2 is 1.96 bits per heavy atom. The lowest BCUT2D eigenvalue weighted by Gasteiger charge is -2.28. The van der Waals surface area contributed by atoms with Crippen molar-refractivity contribution in [3.05, 3.63) is 39.9 Å². The summed E-state index contributed by atoms with van der Waals surface area (Å²) in [6, 6.07) is 5.51. The number of amides is 1. The van der Waals surface area contributed by atoms with Gasteiger partial charge in [-0.05, 0) is 51.1 Å². The summed E-state index contributed by atoms with van der Waals surface area (Å²) in [5.74, 6) is 1.17. The molecular weight excluding hydrogens is 352 g/mol. The molecule has 3 rings (SSSR count). The normalized spacial score (nSPS) is 15.9. The fraction of sp³-hybridized carbons (Fsp3) is 0.591. The second-order valence-corrected chi connectivity index (χ2v) is 8.37. The van der Waals surface area contributed by atoms with Crippen molar-refractivity contribution in [2.24, 2.45) is 5.92 Å². The zero-order chi connectivity index (χ0) is 20.3. The van der Waals surface area contributed by atoms with Crippen LogP contribution in [0, 0.1) is 5.92 Å². The maximum Gasteiger partial charge on any atom is 0.261 e. The van der Waals surface area contributed by atoms with E-state index in [9.17, 15) is 9.59 Å². The molecule has 1 N–H and O–H groups in total. The van der Waals surface area contributed by atoms with E-state index >= 15 is 0 Å². The van der Waals surface area contributed by atoms with Gasteiger partial charge in [0, 0.05) is 31.1 Å². The van der Waals surface area contributed by atoms with Crippen molar-refractivity contribution in [2.45, 2.75) is 58.5 Å². The van der Waals surface area contributed by atoms with Crippen molar-refractivity contribution in [1.82, 2.24) is 19.8 Å². The predicted octanol–water partition coefficient (Wildman–Crippen LogP) is 2.83. The number of nitrogens with zero attached hydrogens (tertiary/aromatic N) is 3. The highest BCUT2D eigenvalue weighted by molar-refractivity contribution is 5.97. The standard InChI is InChI=1S/C22H32N4O2/c1-15(2)19(25(3)4)14-23-21(27)16-10-11-17-18(13-16)24-20-9-7-5-6-8-12-26(20)22(17)28/h10-11,13,15,19H,5-9,12,14H2,1-4H3,(H,23,27)/t19-/m0/s1. The minimum Gasteiger partial charge on any atom is -0.350 e. The van der Waals surface area contributed by atoms with Gasteiger partial charge in [-0.15, -0.1) is 0 Å². The number of hydrogen-bond acceptors (Lipinski definition) is 4. The molecular formula is C22H32N4O2. The molecule has 1 amide bonds. The third kappa shape index (κ3) is 4.43. The Bertz CT molecular complexity index is 893. The summed E-state index contributed by atoms with van der Waals surface area (Å²) in [7, 11) is 4.05. The van der Waals surface area contributed by atoms with Crippen LogP contribution in [0.4, 0.5) is 0 Å². The number of nitrogens with one attached hydrogen (secondary N) is 1. The Morgan fingerprint density at radius 1 is 1.21 bits per heavy atom. The number of likely N-dealkylation sites (N-methyl/N-ethyl adjacent to an activating group) is 1. The van der Waals surface area contributed by atoms with Gasteiger partial charge in [0.1, 0.15) is 5.82 Å². The molecule has 1 aliphatic heterocycles. The number of fused-ring (bicyclic) bond motifs is 2. The van der Waals surface area contributed by atoms with E-state index in [2.05, 4.69) is 24.1 Å². The molecule has 0 bridgehead atoms. The molecule has 1 aliphatic rings. The van der Waals surface area contributed by atoms with Gasteiger partial charge < -0.3 is 10.2 Å². The molecule has 28 heavy (non-hydrogen) atoms. The van der Waals surface area contributed by atoms with Gasteiger partial charge >= 0.3 is 0 Å². The third-order valence-electron chi connectivity index (χ3n) is 5.73. The summed E-state index contributed by atoms with van der Waals surface area (Å²) in [6.07, 6.45) is 5.23. The average molecular weight is 385 g/mol.